The number of ether oxygens (including phenoxy) is 1. The second-order valence-corrected chi connectivity index (χ2v) is 6.01. The molecule has 2 N–H and O–H groups in total. The molecule has 0 amide bonds. The van der Waals surface area contributed by atoms with Crippen LogP contribution in [0.25, 0.3) is 0 Å². The first-order valence-corrected chi connectivity index (χ1v) is 8.45. The third kappa shape index (κ3) is 6.45. The van der Waals surface area contributed by atoms with Crippen molar-refractivity contribution in [2.75, 3.05) is 26.7 Å². The summed E-state index contributed by atoms with van der Waals surface area (Å²) in [5.74, 6) is 0.370. The Kier molecular flexibility index (Phi) is 6.92. The molecule has 2 rings (SSSR count). The standard InChI is InChI=1S/C17H25F3N4O/c1-3-21-16(23-12-14-8-6-10-24(14)2)22-11-13-7-4-5-9-15(13)25-17(18,19)20/h4-5,7,9,14H,3,6,8,10-12H2,1-2H3,(H2,21,22,23). The van der Waals surface area contributed by atoms with Gasteiger partial charge in [-0.05, 0) is 39.4 Å². The van der Waals surface area contributed by atoms with Crippen LogP contribution in [0.3, 0.4) is 0 Å². The highest BCUT2D eigenvalue weighted by Crippen LogP contribution is 2.26. The number of nitrogens with one attached hydrogen (secondary N) is 2. The summed E-state index contributed by atoms with van der Waals surface area (Å²) < 4.78 is 41.5. The molecule has 5 nitrogen and oxygen atoms in total. The zero-order chi connectivity index (χ0) is 18.3. The summed E-state index contributed by atoms with van der Waals surface area (Å²) >= 11 is 0. The van der Waals surface area contributed by atoms with Crippen LogP contribution in [-0.2, 0) is 6.54 Å². The topological polar surface area (TPSA) is 48.9 Å². The number of hydrogen-bond donors (Lipinski definition) is 2. The van der Waals surface area contributed by atoms with Crippen LogP contribution in [0.4, 0.5) is 13.2 Å². The van der Waals surface area contributed by atoms with E-state index in [9.17, 15) is 13.2 Å². The zero-order valence-electron chi connectivity index (χ0n) is 14.6. The van der Waals surface area contributed by atoms with Gasteiger partial charge in [-0.15, -0.1) is 13.2 Å². The maximum absolute atomic E-state index is 12.5. The summed E-state index contributed by atoms with van der Waals surface area (Å²) in [7, 11) is 2.09. The van der Waals surface area contributed by atoms with E-state index >= 15 is 0 Å². The molecule has 1 aliphatic rings. The number of aliphatic imine (C=N–C) groups is 1. The third-order valence-electron chi connectivity index (χ3n) is 4.13. The average Bonchev–Trinajstić information content (AvgIpc) is 2.95. The maximum atomic E-state index is 12.5. The van der Waals surface area contributed by atoms with Crippen molar-refractivity contribution in [1.82, 2.24) is 15.5 Å². The lowest BCUT2D eigenvalue weighted by atomic mass is 10.2. The minimum absolute atomic E-state index is 0.0993. The summed E-state index contributed by atoms with van der Waals surface area (Å²) in [4.78, 5) is 6.68. The number of halogens is 3. The second-order valence-electron chi connectivity index (χ2n) is 6.01. The van der Waals surface area contributed by atoms with E-state index in [2.05, 4.69) is 32.3 Å². The van der Waals surface area contributed by atoms with Gasteiger partial charge in [0.1, 0.15) is 5.75 Å². The smallest absolute Gasteiger partial charge is 0.405 e. The Morgan fingerprint density at radius 2 is 2.08 bits per heavy atom. The SMILES string of the molecule is CCNC(=NCc1ccccc1OC(F)(F)F)NCC1CCCN1C. The van der Waals surface area contributed by atoms with Gasteiger partial charge in [0.05, 0.1) is 6.54 Å². The van der Waals surface area contributed by atoms with Crippen LogP contribution in [0, 0.1) is 0 Å². The van der Waals surface area contributed by atoms with E-state index in [-0.39, 0.29) is 12.3 Å². The van der Waals surface area contributed by atoms with Crippen LogP contribution in [0.15, 0.2) is 29.3 Å². The van der Waals surface area contributed by atoms with Crippen molar-refractivity contribution in [3.63, 3.8) is 0 Å². The van der Waals surface area contributed by atoms with Crippen molar-refractivity contribution in [3.05, 3.63) is 29.8 Å². The highest BCUT2D eigenvalue weighted by Gasteiger charge is 2.31. The molecule has 0 bridgehead atoms. The third-order valence-corrected chi connectivity index (χ3v) is 4.13. The summed E-state index contributed by atoms with van der Waals surface area (Å²) in [6.45, 7) is 4.56. The number of nitrogens with zero attached hydrogens (tertiary/aromatic N) is 2. The zero-order valence-corrected chi connectivity index (χ0v) is 14.6. The molecule has 0 saturated carbocycles. The Labute approximate surface area is 146 Å². The summed E-state index contributed by atoms with van der Waals surface area (Å²) in [5, 5.41) is 6.38. The van der Waals surface area contributed by atoms with E-state index in [1.807, 2.05) is 6.92 Å². The lowest BCUT2D eigenvalue weighted by molar-refractivity contribution is -0.274. The van der Waals surface area contributed by atoms with Crippen molar-refractivity contribution in [1.29, 1.82) is 0 Å². The number of para-hydroxylation sites is 1. The Hall–Kier alpha value is -1.96. The lowest BCUT2D eigenvalue weighted by Gasteiger charge is -2.21. The van der Waals surface area contributed by atoms with Crippen molar-refractivity contribution in [2.24, 2.45) is 4.99 Å². The predicted molar refractivity (Wildman–Crippen MR) is 91.6 cm³/mol. The molecule has 1 aliphatic heterocycles. The number of likely N-dealkylation sites (N-methyl/N-ethyl adjacent to an activating group) is 1. The number of alkyl halides is 3. The van der Waals surface area contributed by atoms with Crippen LogP contribution in [0.1, 0.15) is 25.3 Å². The molecular weight excluding hydrogens is 333 g/mol. The van der Waals surface area contributed by atoms with E-state index in [0.717, 1.165) is 19.5 Å². The first kappa shape index (κ1) is 19.4. The molecule has 140 valence electrons. The second kappa shape index (κ2) is 8.94. The van der Waals surface area contributed by atoms with Crippen LogP contribution >= 0.6 is 0 Å². The van der Waals surface area contributed by atoms with E-state index in [1.54, 1.807) is 12.1 Å². The number of hydrogen-bond acceptors (Lipinski definition) is 3. The van der Waals surface area contributed by atoms with E-state index in [0.29, 0.717) is 24.1 Å². The average molecular weight is 358 g/mol. The largest absolute Gasteiger partial charge is 0.573 e. The molecule has 25 heavy (non-hydrogen) atoms. The molecule has 1 atom stereocenters. The van der Waals surface area contributed by atoms with Gasteiger partial charge in [0.2, 0.25) is 0 Å². The lowest BCUT2D eigenvalue weighted by Crippen LogP contribution is -2.44. The molecule has 0 spiro atoms. The van der Waals surface area contributed by atoms with Crippen molar-refractivity contribution in [2.45, 2.75) is 38.7 Å². The Balaban J connectivity index is 2.00. The summed E-state index contributed by atoms with van der Waals surface area (Å²) in [5.41, 5.74) is 0.384. The van der Waals surface area contributed by atoms with Gasteiger partial charge >= 0.3 is 6.36 Å². The Bertz CT molecular complexity index is 577. The molecule has 1 saturated heterocycles. The fourth-order valence-corrected chi connectivity index (χ4v) is 2.82. The van der Waals surface area contributed by atoms with Crippen molar-refractivity contribution < 1.29 is 17.9 Å². The molecule has 0 aromatic heterocycles. The van der Waals surface area contributed by atoms with Crippen LogP contribution in [0.2, 0.25) is 0 Å². The van der Waals surface area contributed by atoms with Crippen molar-refractivity contribution >= 4 is 5.96 Å². The highest BCUT2D eigenvalue weighted by atomic mass is 19.4. The molecule has 1 aromatic rings. The fourth-order valence-electron chi connectivity index (χ4n) is 2.82. The molecule has 1 aromatic carbocycles. The number of benzene rings is 1. The monoisotopic (exact) mass is 358 g/mol. The molecule has 8 heteroatoms. The first-order valence-electron chi connectivity index (χ1n) is 8.45. The Morgan fingerprint density at radius 1 is 1.32 bits per heavy atom. The van der Waals surface area contributed by atoms with Crippen molar-refractivity contribution in [3.8, 4) is 5.75 Å². The number of rotatable bonds is 6. The molecule has 1 unspecified atom stereocenters. The molecular formula is C17H25F3N4O. The quantitative estimate of drug-likeness (QED) is 0.606. The highest BCUT2D eigenvalue weighted by molar-refractivity contribution is 5.79. The molecule has 1 heterocycles. The summed E-state index contributed by atoms with van der Waals surface area (Å²) in [6.07, 6.45) is -2.40. The van der Waals surface area contributed by atoms with Crippen LogP contribution in [-0.4, -0.2) is 49.9 Å². The van der Waals surface area contributed by atoms with E-state index in [4.69, 9.17) is 0 Å². The van der Waals surface area contributed by atoms with Gasteiger partial charge in [-0.2, -0.15) is 0 Å². The molecule has 0 radical (unpaired) electrons. The van der Waals surface area contributed by atoms with Gasteiger partial charge < -0.3 is 20.3 Å². The normalized spacial score (nSPS) is 19.1. The Morgan fingerprint density at radius 3 is 2.72 bits per heavy atom. The minimum atomic E-state index is -4.71. The molecule has 0 aliphatic carbocycles. The van der Waals surface area contributed by atoms with Gasteiger partial charge in [-0.3, -0.25) is 0 Å². The van der Waals surface area contributed by atoms with Gasteiger partial charge in [0.25, 0.3) is 0 Å². The van der Waals surface area contributed by atoms with Crippen LogP contribution in [0.5, 0.6) is 5.75 Å². The minimum Gasteiger partial charge on any atom is -0.405 e. The van der Waals surface area contributed by atoms with E-state index in [1.165, 1.54) is 18.6 Å². The predicted octanol–water partition coefficient (Wildman–Crippen LogP) is 2.73. The van der Waals surface area contributed by atoms with Gasteiger partial charge in [-0.1, -0.05) is 18.2 Å². The maximum Gasteiger partial charge on any atom is 0.573 e. The molecule has 1 fully saturated rings. The number of likely N-dealkylation sites (tertiary alicyclic amines) is 1. The van der Waals surface area contributed by atoms with Gasteiger partial charge in [0.15, 0.2) is 5.96 Å². The van der Waals surface area contributed by atoms with E-state index < -0.39 is 6.36 Å². The van der Waals surface area contributed by atoms with Gasteiger partial charge in [0, 0.05) is 24.7 Å². The fraction of sp³-hybridized carbons (Fsp3) is 0.588. The van der Waals surface area contributed by atoms with Gasteiger partial charge in [-0.25, -0.2) is 4.99 Å². The first-order chi connectivity index (χ1) is 11.9. The van der Waals surface area contributed by atoms with Crippen LogP contribution < -0.4 is 15.4 Å². The summed E-state index contributed by atoms with van der Waals surface area (Å²) in [6, 6.07) is 6.51. The number of guanidine groups is 1.